The second kappa shape index (κ2) is 2.54. The smallest absolute Gasteiger partial charge is 0.167 e. The van der Waals surface area contributed by atoms with Gasteiger partial charge in [0.15, 0.2) is 11.6 Å². The maximum absolute atomic E-state index is 12.4. The van der Waals surface area contributed by atoms with Gasteiger partial charge in [-0.2, -0.15) is 0 Å². The Balaban J connectivity index is 3.28. The third-order valence-corrected chi connectivity index (χ3v) is 1.60. The van der Waals surface area contributed by atoms with Gasteiger partial charge in [0.05, 0.1) is 4.47 Å². The average molecular weight is 209 g/mol. The SMILES string of the molecule is Oc1cc(Br)c(F)cc1F. The van der Waals surface area contributed by atoms with E-state index in [4.69, 9.17) is 5.11 Å². The summed E-state index contributed by atoms with van der Waals surface area (Å²) in [7, 11) is 0. The van der Waals surface area contributed by atoms with Gasteiger partial charge >= 0.3 is 0 Å². The number of hydrogen-bond acceptors (Lipinski definition) is 1. The van der Waals surface area contributed by atoms with Crippen LogP contribution in [-0.2, 0) is 0 Å². The molecule has 0 aliphatic heterocycles. The normalized spacial score (nSPS) is 9.90. The minimum absolute atomic E-state index is 0.0476. The summed E-state index contributed by atoms with van der Waals surface area (Å²) in [5.74, 6) is -2.25. The topological polar surface area (TPSA) is 20.2 Å². The van der Waals surface area contributed by atoms with Crippen LogP contribution in [0.3, 0.4) is 0 Å². The zero-order valence-corrected chi connectivity index (χ0v) is 6.32. The number of phenolic OH excluding ortho intramolecular Hbond substituents is 1. The lowest BCUT2D eigenvalue weighted by atomic mass is 10.3. The zero-order chi connectivity index (χ0) is 7.72. The molecule has 1 N–H and O–H groups in total. The van der Waals surface area contributed by atoms with E-state index < -0.39 is 17.4 Å². The first-order chi connectivity index (χ1) is 4.61. The van der Waals surface area contributed by atoms with Gasteiger partial charge in [0, 0.05) is 12.1 Å². The van der Waals surface area contributed by atoms with E-state index in [2.05, 4.69) is 15.9 Å². The van der Waals surface area contributed by atoms with Crippen molar-refractivity contribution in [2.45, 2.75) is 0 Å². The van der Waals surface area contributed by atoms with Crippen LogP contribution in [0.15, 0.2) is 16.6 Å². The van der Waals surface area contributed by atoms with Crippen LogP contribution >= 0.6 is 15.9 Å². The quantitative estimate of drug-likeness (QED) is 0.650. The summed E-state index contributed by atoms with van der Waals surface area (Å²) in [4.78, 5) is 0. The number of phenols is 1. The second-order valence-electron chi connectivity index (χ2n) is 1.72. The Bertz CT molecular complexity index is 212. The van der Waals surface area contributed by atoms with Gasteiger partial charge < -0.3 is 5.11 Å². The Labute approximate surface area is 64.4 Å². The first-order valence-electron chi connectivity index (χ1n) is 2.45. The number of hydrogen-bond donors (Lipinski definition) is 1. The molecule has 0 radical (unpaired) electrons. The highest BCUT2D eigenvalue weighted by atomic mass is 79.9. The van der Waals surface area contributed by atoms with Gasteiger partial charge in [-0.1, -0.05) is 0 Å². The van der Waals surface area contributed by atoms with Crippen molar-refractivity contribution >= 4 is 15.9 Å². The molecule has 1 aromatic carbocycles. The van der Waals surface area contributed by atoms with E-state index in [9.17, 15) is 8.78 Å². The molecule has 0 atom stereocenters. The van der Waals surface area contributed by atoms with Crippen molar-refractivity contribution in [3.8, 4) is 5.75 Å². The van der Waals surface area contributed by atoms with E-state index in [-0.39, 0.29) is 4.47 Å². The maximum atomic E-state index is 12.4. The molecular weight excluding hydrogens is 206 g/mol. The lowest BCUT2D eigenvalue weighted by Gasteiger charge is -1.96. The van der Waals surface area contributed by atoms with Gasteiger partial charge in [-0.15, -0.1) is 0 Å². The number of aromatic hydroxyl groups is 1. The fourth-order valence-electron chi connectivity index (χ4n) is 0.512. The highest BCUT2D eigenvalue weighted by Crippen LogP contribution is 2.23. The van der Waals surface area contributed by atoms with Gasteiger partial charge in [0.1, 0.15) is 5.82 Å². The summed E-state index contributed by atoms with van der Waals surface area (Å²) in [6.07, 6.45) is 0. The summed E-state index contributed by atoms with van der Waals surface area (Å²) in [6, 6.07) is 1.57. The summed E-state index contributed by atoms with van der Waals surface area (Å²) in [5.41, 5.74) is 0. The third-order valence-electron chi connectivity index (χ3n) is 0.990. The van der Waals surface area contributed by atoms with Gasteiger partial charge in [0.2, 0.25) is 0 Å². The van der Waals surface area contributed by atoms with Crippen LogP contribution in [0.4, 0.5) is 8.78 Å². The van der Waals surface area contributed by atoms with Crippen molar-refractivity contribution < 1.29 is 13.9 Å². The molecule has 0 aliphatic carbocycles. The highest BCUT2D eigenvalue weighted by molar-refractivity contribution is 9.10. The van der Waals surface area contributed by atoms with Crippen molar-refractivity contribution in [3.05, 3.63) is 28.2 Å². The molecule has 0 amide bonds. The van der Waals surface area contributed by atoms with Crippen LogP contribution in [0, 0.1) is 11.6 Å². The maximum Gasteiger partial charge on any atom is 0.167 e. The van der Waals surface area contributed by atoms with Crippen LogP contribution in [0.2, 0.25) is 0 Å². The van der Waals surface area contributed by atoms with Crippen molar-refractivity contribution in [1.29, 1.82) is 0 Å². The van der Waals surface area contributed by atoms with Crippen molar-refractivity contribution in [2.24, 2.45) is 0 Å². The van der Waals surface area contributed by atoms with E-state index in [1.54, 1.807) is 0 Å². The zero-order valence-electron chi connectivity index (χ0n) is 4.74. The molecule has 1 nitrogen and oxygen atoms in total. The average Bonchev–Trinajstić information content (AvgIpc) is 1.84. The first kappa shape index (κ1) is 7.47. The van der Waals surface area contributed by atoms with E-state index in [1.807, 2.05) is 0 Å². The van der Waals surface area contributed by atoms with Gasteiger partial charge in [-0.25, -0.2) is 8.78 Å². The van der Waals surface area contributed by atoms with Gasteiger partial charge in [-0.3, -0.25) is 0 Å². The van der Waals surface area contributed by atoms with Crippen LogP contribution in [0.25, 0.3) is 0 Å². The minimum atomic E-state index is -0.958. The highest BCUT2D eigenvalue weighted by Gasteiger charge is 2.05. The molecule has 10 heavy (non-hydrogen) atoms. The van der Waals surface area contributed by atoms with Crippen LogP contribution in [-0.4, -0.2) is 5.11 Å². The molecule has 0 fully saturated rings. The molecule has 0 spiro atoms. The predicted octanol–water partition coefficient (Wildman–Crippen LogP) is 2.43. The Morgan fingerprint density at radius 2 is 1.80 bits per heavy atom. The monoisotopic (exact) mass is 208 g/mol. The number of rotatable bonds is 0. The fourth-order valence-corrected chi connectivity index (χ4v) is 0.843. The Hall–Kier alpha value is -0.640. The van der Waals surface area contributed by atoms with E-state index in [0.29, 0.717) is 6.07 Å². The molecule has 0 aromatic heterocycles. The lowest BCUT2D eigenvalue weighted by Crippen LogP contribution is -1.81. The largest absolute Gasteiger partial charge is 0.505 e. The summed E-state index contributed by atoms with van der Waals surface area (Å²) in [5, 5.41) is 8.65. The number of benzene rings is 1. The second-order valence-corrected chi connectivity index (χ2v) is 2.57. The summed E-state index contributed by atoms with van der Waals surface area (Å²) in [6.45, 7) is 0. The van der Waals surface area contributed by atoms with E-state index in [0.717, 1.165) is 6.07 Å². The lowest BCUT2D eigenvalue weighted by molar-refractivity contribution is 0.427. The van der Waals surface area contributed by atoms with Crippen molar-refractivity contribution in [2.75, 3.05) is 0 Å². The Morgan fingerprint density at radius 1 is 1.20 bits per heavy atom. The summed E-state index contributed by atoms with van der Waals surface area (Å²) < 4.78 is 24.7. The Kier molecular flexibility index (Phi) is 1.89. The third kappa shape index (κ3) is 1.26. The van der Waals surface area contributed by atoms with Crippen molar-refractivity contribution in [3.63, 3.8) is 0 Å². The molecule has 0 bridgehead atoms. The predicted molar refractivity (Wildman–Crippen MR) is 35.7 cm³/mol. The standard InChI is InChI=1S/C6H3BrF2O/c7-3-1-6(10)5(9)2-4(3)8/h1-2,10H. The molecule has 0 saturated heterocycles. The molecule has 0 heterocycles. The molecule has 4 heteroatoms. The van der Waals surface area contributed by atoms with Crippen molar-refractivity contribution in [1.82, 2.24) is 0 Å². The van der Waals surface area contributed by atoms with Crippen LogP contribution in [0.5, 0.6) is 5.75 Å². The van der Waals surface area contributed by atoms with E-state index in [1.165, 1.54) is 0 Å². The Morgan fingerprint density at radius 3 is 2.30 bits per heavy atom. The minimum Gasteiger partial charge on any atom is -0.505 e. The molecule has 1 rings (SSSR count). The van der Waals surface area contributed by atoms with Gasteiger partial charge in [0.25, 0.3) is 0 Å². The van der Waals surface area contributed by atoms with Gasteiger partial charge in [-0.05, 0) is 15.9 Å². The molecule has 0 aliphatic rings. The molecule has 1 aromatic rings. The molecule has 0 unspecified atom stereocenters. The fraction of sp³-hybridized carbons (Fsp3) is 0. The molecule has 54 valence electrons. The summed E-state index contributed by atoms with van der Waals surface area (Å²) >= 11 is 2.78. The molecule has 0 saturated carbocycles. The van der Waals surface area contributed by atoms with E-state index >= 15 is 0 Å². The first-order valence-corrected chi connectivity index (χ1v) is 3.24. The van der Waals surface area contributed by atoms with Crippen LogP contribution < -0.4 is 0 Å². The number of halogens is 3. The van der Waals surface area contributed by atoms with Crippen LogP contribution in [0.1, 0.15) is 0 Å². The molecular formula is C6H3BrF2O.